The fraction of sp³-hybridized carbons (Fsp3) is 0.520. The number of sulfonamides is 1. The number of alkyl halides is 3. The zero-order valence-electron chi connectivity index (χ0n) is 19.9. The van der Waals surface area contributed by atoms with Crippen LogP contribution in [-0.2, 0) is 28.6 Å². The smallest absolute Gasteiger partial charge is 0.376 e. The van der Waals surface area contributed by atoms with Gasteiger partial charge < -0.3 is 5.11 Å². The second-order valence-corrected chi connectivity index (χ2v) is 11.7. The molecule has 0 spiro atoms. The lowest BCUT2D eigenvalue weighted by Crippen LogP contribution is -2.54. The molecule has 3 atom stereocenters. The van der Waals surface area contributed by atoms with Crippen molar-refractivity contribution in [1.29, 1.82) is 0 Å². The van der Waals surface area contributed by atoms with Crippen LogP contribution in [0, 0.1) is 5.82 Å². The molecule has 3 unspecified atom stereocenters. The van der Waals surface area contributed by atoms with E-state index in [2.05, 4.69) is 4.90 Å². The normalized spacial score (nSPS) is 23.4. The van der Waals surface area contributed by atoms with Crippen LogP contribution < -0.4 is 0 Å². The molecule has 4 rings (SSSR count). The van der Waals surface area contributed by atoms with Gasteiger partial charge in [0.1, 0.15) is 5.82 Å². The van der Waals surface area contributed by atoms with E-state index in [1.165, 1.54) is 36.6 Å². The number of benzene rings is 2. The molecule has 0 radical (unpaired) electrons. The van der Waals surface area contributed by atoms with Gasteiger partial charge in [0.25, 0.3) is 0 Å². The van der Waals surface area contributed by atoms with Gasteiger partial charge in [-0.2, -0.15) is 17.5 Å². The van der Waals surface area contributed by atoms with E-state index in [1.54, 1.807) is 4.31 Å². The van der Waals surface area contributed by atoms with Gasteiger partial charge in [-0.05, 0) is 54.5 Å². The fourth-order valence-electron chi connectivity index (χ4n) is 5.42. The highest BCUT2D eigenvalue weighted by Crippen LogP contribution is 2.40. The number of rotatable bonds is 6. The lowest BCUT2D eigenvalue weighted by atomic mass is 9.91. The molecule has 2 aliphatic heterocycles. The summed E-state index contributed by atoms with van der Waals surface area (Å²) in [5.41, 5.74) is -1.04. The number of halogens is 4. The molecule has 2 aliphatic rings. The summed E-state index contributed by atoms with van der Waals surface area (Å²) in [6, 6.07) is 8.36. The van der Waals surface area contributed by atoms with E-state index in [9.17, 15) is 26.7 Å². The SMILES string of the molecule is CCc1cc(CN2CC3CCC(C2)N3S(C)(=O)=O)cc(F)c1-c1ccc(C(C)(O)C(F)(F)F)cc1. The van der Waals surface area contributed by atoms with Crippen LogP contribution in [-0.4, -0.2) is 60.3 Å². The molecule has 0 aliphatic carbocycles. The number of nitrogens with zero attached hydrogens (tertiary/aromatic N) is 2. The van der Waals surface area contributed by atoms with Crippen molar-refractivity contribution in [1.82, 2.24) is 9.21 Å². The zero-order chi connectivity index (χ0) is 25.8. The van der Waals surface area contributed by atoms with Crippen molar-refractivity contribution in [3.63, 3.8) is 0 Å². The number of hydrogen-bond donors (Lipinski definition) is 1. The van der Waals surface area contributed by atoms with E-state index in [4.69, 9.17) is 0 Å². The maximum absolute atomic E-state index is 15.3. The molecule has 2 aromatic rings. The Hall–Kier alpha value is -2.01. The summed E-state index contributed by atoms with van der Waals surface area (Å²) < 4.78 is 80.6. The molecule has 0 aromatic heterocycles. The Labute approximate surface area is 203 Å². The van der Waals surface area contributed by atoms with Gasteiger partial charge in [-0.3, -0.25) is 4.90 Å². The molecule has 1 N–H and O–H groups in total. The maximum Gasteiger partial charge on any atom is 0.421 e. The Bertz CT molecular complexity index is 1180. The molecule has 2 saturated heterocycles. The third kappa shape index (κ3) is 4.98. The second kappa shape index (κ2) is 9.14. The van der Waals surface area contributed by atoms with E-state index < -0.39 is 27.6 Å². The minimum Gasteiger partial charge on any atom is -0.376 e. The van der Waals surface area contributed by atoms with Gasteiger partial charge >= 0.3 is 6.18 Å². The van der Waals surface area contributed by atoms with Crippen molar-refractivity contribution in [2.45, 2.75) is 63.5 Å². The summed E-state index contributed by atoms with van der Waals surface area (Å²) in [4.78, 5) is 2.16. The van der Waals surface area contributed by atoms with E-state index in [0.717, 1.165) is 24.0 Å². The van der Waals surface area contributed by atoms with E-state index in [-0.39, 0.29) is 17.6 Å². The molecule has 2 aromatic carbocycles. The molecular formula is C25H30F4N2O3S. The number of aryl methyl sites for hydroxylation is 1. The van der Waals surface area contributed by atoms with Crippen LogP contribution in [0.2, 0.25) is 0 Å². The van der Waals surface area contributed by atoms with Crippen molar-refractivity contribution in [2.75, 3.05) is 19.3 Å². The van der Waals surface area contributed by atoms with Crippen LogP contribution in [0.15, 0.2) is 36.4 Å². The van der Waals surface area contributed by atoms with Crippen LogP contribution >= 0.6 is 0 Å². The largest absolute Gasteiger partial charge is 0.421 e. The minimum atomic E-state index is -4.83. The highest BCUT2D eigenvalue weighted by molar-refractivity contribution is 7.88. The summed E-state index contributed by atoms with van der Waals surface area (Å²) in [6.45, 7) is 4.25. The van der Waals surface area contributed by atoms with Crippen molar-refractivity contribution in [2.24, 2.45) is 0 Å². The van der Waals surface area contributed by atoms with E-state index >= 15 is 4.39 Å². The summed E-state index contributed by atoms with van der Waals surface area (Å²) in [5.74, 6) is -0.465. The van der Waals surface area contributed by atoms with E-state index in [1.807, 2.05) is 13.0 Å². The first-order chi connectivity index (χ1) is 16.2. The van der Waals surface area contributed by atoms with Gasteiger partial charge in [0.15, 0.2) is 5.60 Å². The molecule has 0 amide bonds. The lowest BCUT2D eigenvalue weighted by Gasteiger charge is -2.39. The van der Waals surface area contributed by atoms with Gasteiger partial charge in [0.2, 0.25) is 10.0 Å². The van der Waals surface area contributed by atoms with Crippen LogP contribution in [0.4, 0.5) is 17.6 Å². The third-order valence-corrected chi connectivity index (χ3v) is 8.54. The number of likely N-dealkylation sites (tertiary alicyclic amines) is 1. The predicted octanol–water partition coefficient (Wildman–Crippen LogP) is 4.43. The Morgan fingerprint density at radius 2 is 1.63 bits per heavy atom. The first-order valence-corrected chi connectivity index (χ1v) is 13.5. The summed E-state index contributed by atoms with van der Waals surface area (Å²) in [6.07, 6.45) is -1.43. The Morgan fingerprint density at radius 1 is 1.06 bits per heavy atom. The molecule has 0 saturated carbocycles. The molecule has 35 heavy (non-hydrogen) atoms. The Kier molecular flexibility index (Phi) is 6.80. The second-order valence-electron chi connectivity index (χ2n) is 9.78. The van der Waals surface area contributed by atoms with Gasteiger partial charge in [0.05, 0.1) is 6.26 Å². The van der Waals surface area contributed by atoms with E-state index in [0.29, 0.717) is 44.1 Å². The summed E-state index contributed by atoms with van der Waals surface area (Å²) in [7, 11) is -3.26. The number of fused-ring (bicyclic) bond motifs is 2. The Balaban J connectivity index is 1.56. The third-order valence-electron chi connectivity index (χ3n) is 7.18. The standard InChI is InChI=1S/C25H30F4N2O3S/c1-4-17-11-16(13-30-14-20-9-10-21(15-30)31(20)35(3,33)34)12-22(26)23(17)18-5-7-19(8-6-18)24(2,32)25(27,28)29/h5-8,11-12,20-21,32H,4,9-10,13-15H2,1-3H3. The molecule has 10 heteroatoms. The average molecular weight is 515 g/mol. The molecule has 5 nitrogen and oxygen atoms in total. The monoisotopic (exact) mass is 514 g/mol. The lowest BCUT2D eigenvalue weighted by molar-refractivity contribution is -0.258. The number of hydrogen-bond acceptors (Lipinski definition) is 4. The van der Waals surface area contributed by atoms with Crippen molar-refractivity contribution in [3.05, 3.63) is 58.9 Å². The average Bonchev–Trinajstić information content (AvgIpc) is 3.04. The quantitative estimate of drug-likeness (QED) is 0.580. The topological polar surface area (TPSA) is 60.9 Å². The van der Waals surface area contributed by atoms with Crippen LogP contribution in [0.5, 0.6) is 0 Å². The van der Waals surface area contributed by atoms with Gasteiger partial charge in [-0.15, -0.1) is 0 Å². The van der Waals surface area contributed by atoms with Gasteiger partial charge in [0, 0.05) is 37.3 Å². The molecule has 2 heterocycles. The first kappa shape index (κ1) is 26.1. The van der Waals surface area contributed by atoms with Gasteiger partial charge in [-0.1, -0.05) is 37.3 Å². The minimum absolute atomic E-state index is 0.0639. The molecule has 2 bridgehead atoms. The van der Waals surface area contributed by atoms with Crippen LogP contribution in [0.25, 0.3) is 11.1 Å². The highest BCUT2D eigenvalue weighted by atomic mass is 32.2. The van der Waals surface area contributed by atoms with Crippen molar-refractivity contribution in [3.8, 4) is 11.1 Å². The molecule has 192 valence electrons. The van der Waals surface area contributed by atoms with Crippen molar-refractivity contribution < 1.29 is 31.1 Å². The van der Waals surface area contributed by atoms with Crippen molar-refractivity contribution >= 4 is 10.0 Å². The number of aliphatic hydroxyl groups is 1. The Morgan fingerprint density at radius 3 is 2.11 bits per heavy atom. The van der Waals surface area contributed by atoms with Crippen LogP contribution in [0.1, 0.15) is 43.4 Å². The number of piperazine rings is 1. The van der Waals surface area contributed by atoms with Gasteiger partial charge in [-0.25, -0.2) is 12.8 Å². The predicted molar refractivity (Wildman–Crippen MR) is 126 cm³/mol. The fourth-order valence-corrected chi connectivity index (χ4v) is 6.85. The first-order valence-electron chi connectivity index (χ1n) is 11.6. The zero-order valence-corrected chi connectivity index (χ0v) is 20.8. The molecular weight excluding hydrogens is 484 g/mol. The van der Waals surface area contributed by atoms with Crippen LogP contribution in [0.3, 0.4) is 0 Å². The maximum atomic E-state index is 15.3. The summed E-state index contributed by atoms with van der Waals surface area (Å²) >= 11 is 0. The highest BCUT2D eigenvalue weighted by Gasteiger charge is 2.51. The summed E-state index contributed by atoms with van der Waals surface area (Å²) in [5, 5.41) is 9.89. The molecule has 2 fully saturated rings.